The van der Waals surface area contributed by atoms with Crippen LogP contribution in [0.15, 0.2) is 54.7 Å². The normalized spacial score (nSPS) is 15.8. The van der Waals surface area contributed by atoms with Crippen molar-refractivity contribution in [1.29, 1.82) is 0 Å². The number of anilines is 2. The van der Waals surface area contributed by atoms with Crippen LogP contribution in [0.3, 0.4) is 0 Å². The summed E-state index contributed by atoms with van der Waals surface area (Å²) in [6.45, 7) is 1.99. The van der Waals surface area contributed by atoms with E-state index in [1.54, 1.807) is 6.20 Å². The van der Waals surface area contributed by atoms with Crippen molar-refractivity contribution in [3.63, 3.8) is 0 Å². The number of hydrogen-bond donors (Lipinski definition) is 3. The molecule has 1 aliphatic rings. The van der Waals surface area contributed by atoms with Crippen LogP contribution >= 0.6 is 0 Å². The molecule has 4 rings (SSSR count). The van der Waals surface area contributed by atoms with Gasteiger partial charge in [-0.15, -0.1) is 0 Å². The molecule has 0 bridgehead atoms. The van der Waals surface area contributed by atoms with Gasteiger partial charge in [-0.1, -0.05) is 24.3 Å². The molecule has 6 heteroatoms. The molecule has 28 heavy (non-hydrogen) atoms. The van der Waals surface area contributed by atoms with Crippen LogP contribution in [0.4, 0.5) is 11.4 Å². The molecule has 2 aromatic heterocycles. The average molecular weight is 374 g/mol. The third-order valence-electron chi connectivity index (χ3n) is 4.93. The molecule has 3 aromatic rings. The van der Waals surface area contributed by atoms with Gasteiger partial charge >= 0.3 is 0 Å². The minimum atomic E-state index is -0.0784. The predicted octanol–water partition coefficient (Wildman–Crippen LogP) is 3.70. The molecule has 142 valence electrons. The Labute approximate surface area is 163 Å². The summed E-state index contributed by atoms with van der Waals surface area (Å²) < 4.78 is 0. The number of aromatic nitrogens is 2. The number of nitrogens with one attached hydrogen (secondary N) is 3. The quantitative estimate of drug-likeness (QED) is 0.635. The van der Waals surface area contributed by atoms with Gasteiger partial charge in [0.2, 0.25) is 5.91 Å². The molecule has 0 radical (unpaired) electrons. The number of H-pyrrole nitrogens is 1. The Bertz CT molecular complexity index is 996. The number of carbonyl (C=O) groups excluding carboxylic acids is 2. The lowest BCUT2D eigenvalue weighted by molar-refractivity contribution is -0.119. The van der Waals surface area contributed by atoms with Gasteiger partial charge in [-0.2, -0.15) is 0 Å². The summed E-state index contributed by atoms with van der Waals surface area (Å²) in [5.74, 6) is 0.0857. The molecule has 0 spiro atoms. The van der Waals surface area contributed by atoms with Gasteiger partial charge in [0.1, 0.15) is 0 Å². The van der Waals surface area contributed by atoms with E-state index in [0.29, 0.717) is 24.9 Å². The summed E-state index contributed by atoms with van der Waals surface area (Å²) in [4.78, 5) is 32.1. The number of carbonyl (C=O) groups is 2. The molecule has 1 unspecified atom stereocenters. The summed E-state index contributed by atoms with van der Waals surface area (Å²) in [5.41, 5.74) is 4.86. The minimum Gasteiger partial charge on any atom is -0.356 e. The van der Waals surface area contributed by atoms with Crippen molar-refractivity contribution in [1.82, 2.24) is 15.3 Å². The highest BCUT2D eigenvalue weighted by atomic mass is 16.1. The number of fused-ring (bicyclic) bond motifs is 1. The smallest absolute Gasteiger partial charge is 0.216 e. The van der Waals surface area contributed by atoms with E-state index in [4.69, 9.17) is 0 Å². The Morgan fingerprint density at radius 1 is 1.14 bits per heavy atom. The van der Waals surface area contributed by atoms with Crippen molar-refractivity contribution in [2.45, 2.75) is 19.8 Å². The zero-order valence-corrected chi connectivity index (χ0v) is 15.7. The van der Waals surface area contributed by atoms with Crippen LogP contribution in [-0.2, 0) is 11.2 Å². The monoisotopic (exact) mass is 374 g/mol. The van der Waals surface area contributed by atoms with Crippen molar-refractivity contribution in [2.24, 2.45) is 5.92 Å². The van der Waals surface area contributed by atoms with Gasteiger partial charge in [0, 0.05) is 37.5 Å². The molecule has 1 aliphatic carbocycles. The first-order valence-corrected chi connectivity index (χ1v) is 9.37. The number of para-hydroxylation sites is 1. The summed E-state index contributed by atoms with van der Waals surface area (Å²) >= 11 is 0. The van der Waals surface area contributed by atoms with Crippen LogP contribution in [0, 0.1) is 5.92 Å². The van der Waals surface area contributed by atoms with Crippen molar-refractivity contribution < 1.29 is 9.59 Å². The zero-order valence-electron chi connectivity index (χ0n) is 15.7. The molecular weight excluding hydrogens is 352 g/mol. The molecule has 0 saturated heterocycles. The van der Waals surface area contributed by atoms with Gasteiger partial charge < -0.3 is 15.6 Å². The van der Waals surface area contributed by atoms with Crippen molar-refractivity contribution >= 4 is 23.1 Å². The largest absolute Gasteiger partial charge is 0.356 e. The van der Waals surface area contributed by atoms with Crippen LogP contribution < -0.4 is 10.6 Å². The minimum absolute atomic E-state index is 0.0773. The zero-order chi connectivity index (χ0) is 19.5. The maximum atomic E-state index is 13.0. The second-order valence-corrected chi connectivity index (χ2v) is 7.07. The molecule has 0 aliphatic heterocycles. The van der Waals surface area contributed by atoms with E-state index in [1.807, 2.05) is 48.5 Å². The van der Waals surface area contributed by atoms with E-state index < -0.39 is 0 Å². The number of pyridine rings is 1. The first-order chi connectivity index (χ1) is 13.6. The van der Waals surface area contributed by atoms with Crippen LogP contribution in [0.1, 0.15) is 29.4 Å². The maximum absolute atomic E-state index is 13.0. The van der Waals surface area contributed by atoms with Gasteiger partial charge in [-0.05, 0) is 36.6 Å². The fourth-order valence-corrected chi connectivity index (χ4v) is 3.66. The maximum Gasteiger partial charge on any atom is 0.216 e. The lowest BCUT2D eigenvalue weighted by Gasteiger charge is -2.22. The lowest BCUT2D eigenvalue weighted by Crippen LogP contribution is -2.32. The van der Waals surface area contributed by atoms with Crippen molar-refractivity contribution in [2.75, 3.05) is 11.9 Å². The summed E-state index contributed by atoms with van der Waals surface area (Å²) in [6, 6.07) is 15.5. The van der Waals surface area contributed by atoms with Crippen LogP contribution in [-0.4, -0.2) is 28.2 Å². The number of rotatable bonds is 5. The van der Waals surface area contributed by atoms with Gasteiger partial charge in [0.15, 0.2) is 5.78 Å². The first-order valence-electron chi connectivity index (χ1n) is 9.37. The molecule has 1 amide bonds. The molecular formula is C22H22N4O2. The Morgan fingerprint density at radius 2 is 1.93 bits per heavy atom. The highest BCUT2D eigenvalue weighted by molar-refractivity contribution is 6.07. The van der Waals surface area contributed by atoms with Crippen LogP contribution in [0.5, 0.6) is 0 Å². The van der Waals surface area contributed by atoms with Crippen molar-refractivity contribution in [3.8, 4) is 11.4 Å². The first kappa shape index (κ1) is 18.0. The molecule has 1 aromatic carbocycles. The Kier molecular flexibility index (Phi) is 4.93. The van der Waals surface area contributed by atoms with Crippen LogP contribution in [0.2, 0.25) is 0 Å². The molecule has 6 nitrogen and oxygen atoms in total. The average Bonchev–Trinajstić information content (AvgIpc) is 3.06. The number of hydrogen-bond acceptors (Lipinski definition) is 4. The topological polar surface area (TPSA) is 86.9 Å². The number of aromatic amines is 1. The number of amides is 1. The van der Waals surface area contributed by atoms with E-state index >= 15 is 0 Å². The predicted molar refractivity (Wildman–Crippen MR) is 109 cm³/mol. The van der Waals surface area contributed by atoms with Gasteiger partial charge in [0.05, 0.1) is 22.6 Å². The molecule has 3 N–H and O–H groups in total. The molecule has 0 fully saturated rings. The highest BCUT2D eigenvalue weighted by Crippen LogP contribution is 2.39. The molecule has 2 heterocycles. The Hall–Kier alpha value is -3.41. The Balaban J connectivity index is 1.74. The van der Waals surface area contributed by atoms with Gasteiger partial charge in [0.25, 0.3) is 0 Å². The third-order valence-corrected chi connectivity index (χ3v) is 4.93. The number of Topliss-reactive ketones (excluding diaryl/α,β-unsaturated/α-hetero) is 1. The Morgan fingerprint density at radius 3 is 2.64 bits per heavy atom. The summed E-state index contributed by atoms with van der Waals surface area (Å²) in [7, 11) is 0. The van der Waals surface area contributed by atoms with E-state index in [1.165, 1.54) is 6.92 Å². The number of benzene rings is 1. The second kappa shape index (κ2) is 7.68. The SMILES string of the molecule is CC(=O)NCC1CC(=O)c2c([nH]c(-c3ccccn3)c2Nc2ccccc2)C1. The number of nitrogens with zero attached hydrogens (tertiary/aromatic N) is 1. The fourth-order valence-electron chi connectivity index (χ4n) is 3.66. The molecule has 0 saturated carbocycles. The van der Waals surface area contributed by atoms with E-state index in [2.05, 4.69) is 20.6 Å². The van der Waals surface area contributed by atoms with Crippen molar-refractivity contribution in [3.05, 3.63) is 66.0 Å². The highest BCUT2D eigenvalue weighted by Gasteiger charge is 2.32. The second-order valence-electron chi connectivity index (χ2n) is 7.07. The van der Waals surface area contributed by atoms with Crippen LogP contribution in [0.25, 0.3) is 11.4 Å². The lowest BCUT2D eigenvalue weighted by atomic mass is 9.86. The number of ketones is 1. The summed E-state index contributed by atoms with van der Waals surface area (Å²) in [6.07, 6.45) is 2.86. The van der Waals surface area contributed by atoms with E-state index in [0.717, 1.165) is 28.5 Å². The van der Waals surface area contributed by atoms with E-state index in [-0.39, 0.29) is 17.6 Å². The third kappa shape index (κ3) is 3.67. The van der Waals surface area contributed by atoms with E-state index in [9.17, 15) is 9.59 Å². The van der Waals surface area contributed by atoms with Gasteiger partial charge in [-0.25, -0.2) is 0 Å². The summed E-state index contributed by atoms with van der Waals surface area (Å²) in [5, 5.41) is 6.24. The fraction of sp³-hybridized carbons (Fsp3) is 0.227. The standard InChI is InChI=1S/C22H22N4O2/c1-14(27)24-13-15-11-18-20(19(28)12-15)22(25-16-7-3-2-4-8-16)21(26-18)17-9-5-6-10-23-17/h2-10,15,25-26H,11-13H2,1H3,(H,24,27). The molecule has 1 atom stereocenters. The van der Waals surface area contributed by atoms with Gasteiger partial charge in [-0.3, -0.25) is 14.6 Å².